The molecular weight excluding hydrogens is 676 g/mol. The number of hydrogen-bond acceptors (Lipinski definition) is 10. The van der Waals surface area contributed by atoms with E-state index in [-0.39, 0.29) is 49.5 Å². The highest BCUT2D eigenvalue weighted by Gasteiger charge is 2.53. The molecule has 274 valence electrons. The molecule has 12 nitrogen and oxygen atoms in total. The van der Waals surface area contributed by atoms with Crippen LogP contribution < -0.4 is 14.2 Å². The molecule has 4 aliphatic rings. The fraction of sp³-hybridized carbons (Fsp3) is 0.500. The van der Waals surface area contributed by atoms with Gasteiger partial charge in [-0.15, -0.1) is 0 Å². The number of carbonyl (C=O) groups is 1. The third kappa shape index (κ3) is 7.68. The van der Waals surface area contributed by atoms with Gasteiger partial charge in [-0.05, 0) is 68.0 Å². The average Bonchev–Trinajstić information content (AvgIpc) is 3.89. The average molecular weight is 723 g/mol. The smallest absolute Gasteiger partial charge is 0.412 e. The monoisotopic (exact) mass is 722 g/mol. The summed E-state index contributed by atoms with van der Waals surface area (Å²) in [5, 5.41) is 0. The maximum atomic E-state index is 14.3. The number of rotatable bonds is 12. The van der Waals surface area contributed by atoms with E-state index in [1.165, 1.54) is 16.4 Å². The summed E-state index contributed by atoms with van der Waals surface area (Å²) in [4.78, 5) is 15.9. The van der Waals surface area contributed by atoms with Crippen molar-refractivity contribution in [3.63, 3.8) is 0 Å². The van der Waals surface area contributed by atoms with E-state index >= 15 is 0 Å². The molecule has 51 heavy (non-hydrogen) atoms. The van der Waals surface area contributed by atoms with Gasteiger partial charge in [-0.3, -0.25) is 4.90 Å². The van der Waals surface area contributed by atoms with Crippen molar-refractivity contribution in [3.05, 3.63) is 83.9 Å². The summed E-state index contributed by atoms with van der Waals surface area (Å²) in [6, 6.07) is 21.7. The van der Waals surface area contributed by atoms with Crippen molar-refractivity contribution in [2.24, 2.45) is 11.8 Å². The van der Waals surface area contributed by atoms with E-state index in [4.69, 9.17) is 33.2 Å². The van der Waals surface area contributed by atoms with Gasteiger partial charge in [-0.2, -0.15) is 4.31 Å². The normalized spacial score (nSPS) is 25.1. The van der Waals surface area contributed by atoms with Crippen LogP contribution in [0.3, 0.4) is 0 Å². The first-order valence-corrected chi connectivity index (χ1v) is 19.0. The first kappa shape index (κ1) is 35.5. The summed E-state index contributed by atoms with van der Waals surface area (Å²) in [5.41, 5.74) is 0.884. The predicted molar refractivity (Wildman–Crippen MR) is 186 cm³/mol. The number of benzene rings is 3. The third-order valence-corrected chi connectivity index (χ3v) is 11.6. The van der Waals surface area contributed by atoms with Gasteiger partial charge < -0.3 is 33.2 Å². The molecule has 0 radical (unpaired) electrons. The maximum absolute atomic E-state index is 14.3. The Balaban J connectivity index is 1.15. The van der Waals surface area contributed by atoms with Gasteiger partial charge in [-0.1, -0.05) is 56.3 Å². The highest BCUT2D eigenvalue weighted by molar-refractivity contribution is 7.89. The highest BCUT2D eigenvalue weighted by Crippen LogP contribution is 2.40. The van der Waals surface area contributed by atoms with Crippen molar-refractivity contribution < 1.29 is 46.4 Å². The Bertz CT molecular complexity index is 1790. The molecule has 7 rings (SSSR count). The Hall–Kier alpha value is -3.88. The molecule has 0 spiro atoms. The van der Waals surface area contributed by atoms with Crippen molar-refractivity contribution in [1.29, 1.82) is 0 Å². The molecule has 4 heterocycles. The second-order valence-corrected chi connectivity index (χ2v) is 16.3. The van der Waals surface area contributed by atoms with E-state index < -0.39 is 40.1 Å². The van der Waals surface area contributed by atoms with E-state index in [1.54, 1.807) is 11.0 Å². The van der Waals surface area contributed by atoms with Crippen molar-refractivity contribution >= 4 is 16.1 Å². The Morgan fingerprint density at radius 1 is 0.980 bits per heavy atom. The van der Waals surface area contributed by atoms with E-state index in [0.717, 1.165) is 17.5 Å². The van der Waals surface area contributed by atoms with E-state index in [9.17, 15) is 13.2 Å². The van der Waals surface area contributed by atoms with Crippen LogP contribution in [0.15, 0.2) is 77.7 Å². The van der Waals surface area contributed by atoms with E-state index in [0.29, 0.717) is 36.9 Å². The van der Waals surface area contributed by atoms with Gasteiger partial charge in [0.05, 0.1) is 36.2 Å². The molecule has 0 N–H and O–H groups in total. The minimum absolute atomic E-state index is 0.00934. The van der Waals surface area contributed by atoms with Crippen LogP contribution in [-0.4, -0.2) is 87.1 Å². The Kier molecular flexibility index (Phi) is 10.2. The largest absolute Gasteiger partial charge is 0.489 e. The first-order chi connectivity index (χ1) is 24.5. The summed E-state index contributed by atoms with van der Waals surface area (Å²) in [7, 11) is -4.00. The van der Waals surface area contributed by atoms with Crippen LogP contribution in [-0.2, 0) is 42.0 Å². The van der Waals surface area contributed by atoms with Crippen LogP contribution in [0.5, 0.6) is 17.2 Å². The Morgan fingerprint density at radius 2 is 1.75 bits per heavy atom. The van der Waals surface area contributed by atoms with Crippen LogP contribution >= 0.6 is 0 Å². The van der Waals surface area contributed by atoms with E-state index in [2.05, 4.69) is 0 Å². The van der Waals surface area contributed by atoms with Gasteiger partial charge in [-0.25, -0.2) is 13.2 Å². The Morgan fingerprint density at radius 3 is 2.51 bits per heavy atom. The highest BCUT2D eigenvalue weighted by atomic mass is 32.2. The number of carbonyl (C=O) groups excluding carboxylic acids is 1. The van der Waals surface area contributed by atoms with Crippen LogP contribution in [0.2, 0.25) is 0 Å². The number of ether oxygens (including phenoxy) is 7. The third-order valence-electron chi connectivity index (χ3n) is 9.77. The molecular formula is C38H46N2O10S. The van der Waals surface area contributed by atoms with Crippen molar-refractivity contribution in [2.75, 3.05) is 33.1 Å². The second kappa shape index (κ2) is 14.6. The molecule has 5 unspecified atom stereocenters. The number of fused-ring (bicyclic) bond motifs is 2. The van der Waals surface area contributed by atoms with Crippen LogP contribution in [0.1, 0.15) is 45.2 Å². The zero-order chi connectivity index (χ0) is 35.8. The quantitative estimate of drug-likeness (QED) is 0.234. The summed E-state index contributed by atoms with van der Waals surface area (Å²) in [6.07, 6.45) is -0.919. The van der Waals surface area contributed by atoms with Gasteiger partial charge in [0.2, 0.25) is 16.8 Å². The number of hydrogen-bond donors (Lipinski definition) is 0. The number of nitrogens with zero attached hydrogens (tertiary/aromatic N) is 2. The predicted octanol–water partition coefficient (Wildman–Crippen LogP) is 5.59. The van der Waals surface area contributed by atoms with Crippen LogP contribution in [0, 0.1) is 11.8 Å². The van der Waals surface area contributed by atoms with Crippen molar-refractivity contribution in [1.82, 2.24) is 9.21 Å². The van der Waals surface area contributed by atoms with Crippen molar-refractivity contribution in [2.45, 2.75) is 82.3 Å². The second-order valence-electron chi connectivity index (χ2n) is 14.3. The molecule has 0 saturated carbocycles. The molecule has 5 atom stereocenters. The minimum Gasteiger partial charge on any atom is -0.489 e. The minimum atomic E-state index is -4.00. The SMILES string of the molecule is CC(C)CN(CC1OC(C)(C)N(C(=O)OC2COC3OCCC23)C1Cc1ccc(OCc2ccccc2)cc1)S(=O)(=O)c1ccc2c(c1)OCO2. The molecule has 13 heteroatoms. The molecule has 0 bridgehead atoms. The molecule has 3 saturated heterocycles. The fourth-order valence-electron chi connectivity index (χ4n) is 7.31. The van der Waals surface area contributed by atoms with Gasteiger partial charge in [0.1, 0.15) is 24.2 Å². The molecule has 0 aromatic heterocycles. The lowest BCUT2D eigenvalue weighted by atomic mass is 9.99. The fourth-order valence-corrected chi connectivity index (χ4v) is 8.94. The zero-order valence-corrected chi connectivity index (χ0v) is 30.3. The van der Waals surface area contributed by atoms with Crippen LogP contribution in [0.4, 0.5) is 4.79 Å². The van der Waals surface area contributed by atoms with Gasteiger partial charge in [0.15, 0.2) is 17.8 Å². The number of sulfonamides is 1. The lowest BCUT2D eigenvalue weighted by Crippen LogP contribution is -2.51. The summed E-state index contributed by atoms with van der Waals surface area (Å²) in [5.74, 6) is 1.57. The summed E-state index contributed by atoms with van der Waals surface area (Å²) < 4.78 is 71.1. The zero-order valence-electron chi connectivity index (χ0n) is 29.4. The summed E-state index contributed by atoms with van der Waals surface area (Å²) >= 11 is 0. The van der Waals surface area contributed by atoms with Gasteiger partial charge >= 0.3 is 6.09 Å². The first-order valence-electron chi connectivity index (χ1n) is 17.5. The topological polar surface area (TPSA) is 122 Å². The molecule has 1 amide bonds. The van der Waals surface area contributed by atoms with Crippen LogP contribution in [0.25, 0.3) is 0 Å². The molecule has 4 aliphatic heterocycles. The molecule has 3 aromatic rings. The number of amides is 1. The lowest BCUT2D eigenvalue weighted by molar-refractivity contribution is -0.0911. The molecule has 3 aromatic carbocycles. The van der Waals surface area contributed by atoms with Gasteiger partial charge in [0.25, 0.3) is 0 Å². The standard InChI is InChI=1S/C38H46N2O10S/c1-25(2)20-39(51(42,43)29-14-15-32-33(19-29)48-24-47-32)21-34-31(18-26-10-12-28(13-11-26)45-22-27-8-6-5-7-9-27)40(38(3,4)50-34)37(41)49-35-23-46-36-30(35)16-17-44-36/h5-15,19,25,30-31,34-36H,16-18,20-24H2,1-4H3. The van der Waals surface area contributed by atoms with Gasteiger partial charge in [0, 0.05) is 19.2 Å². The Labute approximate surface area is 299 Å². The summed E-state index contributed by atoms with van der Waals surface area (Å²) in [6.45, 7) is 9.09. The maximum Gasteiger partial charge on any atom is 0.412 e. The van der Waals surface area contributed by atoms with Crippen molar-refractivity contribution in [3.8, 4) is 17.2 Å². The molecule has 0 aliphatic carbocycles. The van der Waals surface area contributed by atoms with E-state index in [1.807, 2.05) is 82.3 Å². The molecule has 3 fully saturated rings. The lowest BCUT2D eigenvalue weighted by Gasteiger charge is -2.34.